The van der Waals surface area contributed by atoms with Gasteiger partial charge in [-0.2, -0.15) is 0 Å². The molecule has 0 fully saturated rings. The van der Waals surface area contributed by atoms with Gasteiger partial charge in [-0.3, -0.25) is 4.79 Å². The van der Waals surface area contributed by atoms with Crippen molar-refractivity contribution >= 4 is 11.6 Å². The van der Waals surface area contributed by atoms with Gasteiger partial charge in [0, 0.05) is 11.3 Å². The van der Waals surface area contributed by atoms with E-state index in [1.165, 1.54) is 5.56 Å². The molecule has 0 aromatic heterocycles. The van der Waals surface area contributed by atoms with E-state index >= 15 is 0 Å². The summed E-state index contributed by atoms with van der Waals surface area (Å²) in [6, 6.07) is 7.69. The highest BCUT2D eigenvalue weighted by Gasteiger charge is 2.18. The van der Waals surface area contributed by atoms with E-state index in [1.54, 1.807) is 27.4 Å². The van der Waals surface area contributed by atoms with Crippen LogP contribution in [0.1, 0.15) is 22.3 Å². The number of aryl methyl sites for hydroxylation is 3. The Balaban J connectivity index is 2.27. The van der Waals surface area contributed by atoms with E-state index < -0.39 is 0 Å². The largest absolute Gasteiger partial charge is 0.493 e. The van der Waals surface area contributed by atoms with E-state index in [4.69, 9.17) is 14.2 Å². The summed E-state index contributed by atoms with van der Waals surface area (Å²) in [5.41, 5.74) is 4.86. The Hall–Kier alpha value is -2.69. The van der Waals surface area contributed by atoms with Crippen molar-refractivity contribution in [1.29, 1.82) is 0 Å². The van der Waals surface area contributed by atoms with Crippen LogP contribution in [-0.2, 0) is 11.2 Å². The van der Waals surface area contributed by atoms with E-state index in [0.29, 0.717) is 17.2 Å². The lowest BCUT2D eigenvalue weighted by Crippen LogP contribution is -2.17. The molecule has 134 valence electrons. The average Bonchev–Trinajstić information content (AvgIpc) is 2.57. The first-order valence-corrected chi connectivity index (χ1v) is 8.06. The van der Waals surface area contributed by atoms with Crippen molar-refractivity contribution in [1.82, 2.24) is 0 Å². The van der Waals surface area contributed by atoms with E-state index in [0.717, 1.165) is 22.4 Å². The zero-order chi connectivity index (χ0) is 18.6. The maximum absolute atomic E-state index is 12.6. The molecule has 0 spiro atoms. The fraction of sp³-hybridized carbons (Fsp3) is 0.350. The van der Waals surface area contributed by atoms with Crippen LogP contribution in [0, 0.1) is 20.8 Å². The van der Waals surface area contributed by atoms with Crippen LogP contribution in [0.25, 0.3) is 0 Å². The Labute approximate surface area is 148 Å². The molecule has 2 aromatic carbocycles. The molecule has 2 rings (SSSR count). The first kappa shape index (κ1) is 18.6. The van der Waals surface area contributed by atoms with Crippen LogP contribution in [0.3, 0.4) is 0 Å². The number of carbonyl (C=O) groups is 1. The Morgan fingerprint density at radius 1 is 0.920 bits per heavy atom. The second-order valence-corrected chi connectivity index (χ2v) is 5.99. The number of nitrogens with one attached hydrogen (secondary N) is 1. The van der Waals surface area contributed by atoms with Crippen LogP contribution in [0.4, 0.5) is 5.69 Å². The summed E-state index contributed by atoms with van der Waals surface area (Å²) in [5.74, 6) is 1.45. The van der Waals surface area contributed by atoms with E-state index in [9.17, 15) is 4.79 Å². The van der Waals surface area contributed by atoms with Crippen LogP contribution in [0.2, 0.25) is 0 Å². The number of amides is 1. The molecule has 0 aliphatic carbocycles. The molecular formula is C20H25NO4. The Kier molecular flexibility index (Phi) is 5.91. The summed E-state index contributed by atoms with van der Waals surface area (Å²) in [6.45, 7) is 6.03. The number of anilines is 1. The SMILES string of the molecule is COc1ccc(CC(=O)Nc2c(C)cc(C)cc2C)c(OC)c1OC. The first-order valence-electron chi connectivity index (χ1n) is 8.06. The fourth-order valence-electron chi connectivity index (χ4n) is 3.04. The van der Waals surface area contributed by atoms with Gasteiger partial charge in [0.25, 0.3) is 0 Å². The van der Waals surface area contributed by atoms with Gasteiger partial charge in [0.15, 0.2) is 11.5 Å². The molecule has 0 radical (unpaired) electrons. The Morgan fingerprint density at radius 2 is 1.52 bits per heavy atom. The Bertz CT molecular complexity index is 761. The smallest absolute Gasteiger partial charge is 0.228 e. The lowest BCUT2D eigenvalue weighted by Gasteiger charge is -2.16. The average molecular weight is 343 g/mol. The number of benzene rings is 2. The predicted octanol–water partition coefficient (Wildman–Crippen LogP) is 3.82. The summed E-state index contributed by atoms with van der Waals surface area (Å²) >= 11 is 0. The van der Waals surface area contributed by atoms with Gasteiger partial charge in [-0.25, -0.2) is 0 Å². The molecule has 25 heavy (non-hydrogen) atoms. The molecule has 1 amide bonds. The molecule has 2 aromatic rings. The normalized spacial score (nSPS) is 10.3. The van der Waals surface area contributed by atoms with Crippen LogP contribution in [-0.4, -0.2) is 27.2 Å². The topological polar surface area (TPSA) is 56.8 Å². The molecule has 0 saturated heterocycles. The van der Waals surface area contributed by atoms with Crippen molar-refractivity contribution in [3.63, 3.8) is 0 Å². The minimum absolute atomic E-state index is 0.111. The molecule has 0 heterocycles. The molecule has 0 unspecified atom stereocenters. The van der Waals surface area contributed by atoms with Crippen molar-refractivity contribution < 1.29 is 19.0 Å². The van der Waals surface area contributed by atoms with Gasteiger partial charge >= 0.3 is 0 Å². The highest BCUT2D eigenvalue weighted by atomic mass is 16.5. The van der Waals surface area contributed by atoms with Gasteiger partial charge < -0.3 is 19.5 Å². The third-order valence-electron chi connectivity index (χ3n) is 4.08. The lowest BCUT2D eigenvalue weighted by atomic mass is 10.0. The second kappa shape index (κ2) is 7.92. The fourth-order valence-corrected chi connectivity index (χ4v) is 3.04. The molecule has 0 aliphatic rings. The number of methoxy groups -OCH3 is 3. The highest BCUT2D eigenvalue weighted by Crippen LogP contribution is 2.40. The number of hydrogen-bond donors (Lipinski definition) is 1. The molecule has 1 N–H and O–H groups in total. The molecular weight excluding hydrogens is 318 g/mol. The summed E-state index contributed by atoms with van der Waals surface area (Å²) < 4.78 is 16.1. The van der Waals surface area contributed by atoms with Crippen LogP contribution in [0.15, 0.2) is 24.3 Å². The zero-order valence-corrected chi connectivity index (χ0v) is 15.6. The third-order valence-corrected chi connectivity index (χ3v) is 4.08. The standard InChI is InChI=1S/C20H25NO4/c1-12-9-13(2)18(14(3)10-12)21-17(22)11-15-7-8-16(23-4)20(25-6)19(15)24-5/h7-10H,11H2,1-6H3,(H,21,22). The van der Waals surface area contributed by atoms with Crippen molar-refractivity contribution in [2.75, 3.05) is 26.6 Å². The van der Waals surface area contributed by atoms with Crippen LogP contribution >= 0.6 is 0 Å². The number of rotatable bonds is 6. The van der Waals surface area contributed by atoms with Crippen molar-refractivity contribution in [2.24, 2.45) is 0 Å². The lowest BCUT2D eigenvalue weighted by molar-refractivity contribution is -0.115. The highest BCUT2D eigenvalue weighted by molar-refractivity contribution is 5.94. The maximum atomic E-state index is 12.6. The van der Waals surface area contributed by atoms with E-state index in [2.05, 4.69) is 17.4 Å². The summed E-state index contributed by atoms with van der Waals surface area (Å²) in [7, 11) is 4.66. The molecule has 5 nitrogen and oxygen atoms in total. The van der Waals surface area contributed by atoms with E-state index in [-0.39, 0.29) is 12.3 Å². The molecule has 0 bridgehead atoms. The van der Waals surface area contributed by atoms with Gasteiger partial charge in [-0.05, 0) is 38.0 Å². The number of carbonyl (C=O) groups excluding carboxylic acids is 1. The number of hydrogen-bond acceptors (Lipinski definition) is 4. The van der Waals surface area contributed by atoms with Crippen LogP contribution in [0.5, 0.6) is 17.2 Å². The molecule has 0 atom stereocenters. The van der Waals surface area contributed by atoms with E-state index in [1.807, 2.05) is 26.8 Å². The quantitative estimate of drug-likeness (QED) is 0.866. The summed E-state index contributed by atoms with van der Waals surface area (Å²) in [4.78, 5) is 12.6. The van der Waals surface area contributed by atoms with Gasteiger partial charge in [0.05, 0.1) is 27.8 Å². The van der Waals surface area contributed by atoms with Crippen molar-refractivity contribution in [3.05, 3.63) is 46.5 Å². The van der Waals surface area contributed by atoms with Crippen molar-refractivity contribution in [3.8, 4) is 17.2 Å². The van der Waals surface area contributed by atoms with Gasteiger partial charge in [0.1, 0.15) is 0 Å². The summed E-state index contributed by atoms with van der Waals surface area (Å²) in [6.07, 6.45) is 0.177. The third kappa shape index (κ3) is 4.05. The van der Waals surface area contributed by atoms with Gasteiger partial charge in [-0.1, -0.05) is 23.8 Å². The minimum atomic E-state index is -0.111. The second-order valence-electron chi connectivity index (χ2n) is 5.99. The first-order chi connectivity index (χ1) is 11.9. The number of ether oxygens (including phenoxy) is 3. The molecule has 0 saturated carbocycles. The monoisotopic (exact) mass is 343 g/mol. The minimum Gasteiger partial charge on any atom is -0.493 e. The van der Waals surface area contributed by atoms with Gasteiger partial charge in [-0.15, -0.1) is 0 Å². The summed E-state index contributed by atoms with van der Waals surface area (Å²) in [5, 5.41) is 3.01. The predicted molar refractivity (Wildman–Crippen MR) is 99.1 cm³/mol. The molecule has 0 aliphatic heterocycles. The van der Waals surface area contributed by atoms with Gasteiger partial charge in [0.2, 0.25) is 11.7 Å². The van der Waals surface area contributed by atoms with Crippen molar-refractivity contribution in [2.45, 2.75) is 27.2 Å². The zero-order valence-electron chi connectivity index (χ0n) is 15.6. The molecule has 5 heteroatoms. The van der Waals surface area contributed by atoms with Crippen LogP contribution < -0.4 is 19.5 Å². The Morgan fingerprint density at radius 3 is 2.04 bits per heavy atom. The maximum Gasteiger partial charge on any atom is 0.228 e.